The van der Waals surface area contributed by atoms with Gasteiger partial charge in [-0.05, 0) is 31.2 Å². The van der Waals surface area contributed by atoms with Crippen molar-refractivity contribution in [3.05, 3.63) is 48.0 Å². The molecule has 5 N–H and O–H groups in total. The summed E-state index contributed by atoms with van der Waals surface area (Å²) in [7, 11) is 0. The molecule has 0 saturated carbocycles. The van der Waals surface area contributed by atoms with Gasteiger partial charge in [-0.25, -0.2) is 19.6 Å². The molecule has 0 saturated heterocycles. The first-order valence-corrected chi connectivity index (χ1v) is 6.28. The van der Waals surface area contributed by atoms with Crippen molar-refractivity contribution in [3.63, 3.8) is 0 Å². The van der Waals surface area contributed by atoms with Crippen LogP contribution in [0.25, 0.3) is 0 Å². The van der Waals surface area contributed by atoms with Gasteiger partial charge in [0, 0.05) is 12.4 Å². The maximum absolute atomic E-state index is 11.1. The van der Waals surface area contributed by atoms with Crippen molar-refractivity contribution in [1.82, 2.24) is 9.97 Å². The van der Waals surface area contributed by atoms with Gasteiger partial charge in [0.2, 0.25) is 0 Å². The lowest BCUT2D eigenvalue weighted by atomic mass is 10.3. The van der Waals surface area contributed by atoms with E-state index < -0.39 is 11.9 Å². The van der Waals surface area contributed by atoms with Crippen LogP contribution in [0.3, 0.4) is 0 Å². The van der Waals surface area contributed by atoms with Crippen LogP contribution in [-0.2, 0) is 4.74 Å². The van der Waals surface area contributed by atoms with Gasteiger partial charge in [-0.1, -0.05) is 0 Å². The molecule has 0 fully saturated rings. The number of anilines is 2. The second-order valence-electron chi connectivity index (χ2n) is 3.91. The molecule has 0 radical (unpaired) electrons. The van der Waals surface area contributed by atoms with Gasteiger partial charge in [0.1, 0.15) is 0 Å². The molecule has 2 heterocycles. The minimum absolute atomic E-state index is 0.0949. The van der Waals surface area contributed by atoms with E-state index in [-0.39, 0.29) is 17.1 Å². The third-order valence-corrected chi connectivity index (χ3v) is 2.35. The first-order valence-electron chi connectivity index (χ1n) is 6.28. The standard InChI is InChI=1S/C8H10N2O2.C6H6N2O2/c1-2-12-8(11)7-6(9)4-3-5-10-7;7-4-2-1-3-8-5(4)6(9)10/h3-5H,2,9H2,1H3;1-3H,7H2,(H,9,10). The van der Waals surface area contributed by atoms with Crippen molar-refractivity contribution in [2.75, 3.05) is 18.1 Å². The van der Waals surface area contributed by atoms with Crippen LogP contribution in [0, 0.1) is 0 Å². The molecular weight excluding hydrogens is 288 g/mol. The van der Waals surface area contributed by atoms with Crippen molar-refractivity contribution < 1.29 is 19.4 Å². The van der Waals surface area contributed by atoms with Crippen LogP contribution in [0.4, 0.5) is 11.4 Å². The lowest BCUT2D eigenvalue weighted by Gasteiger charge is -2.02. The van der Waals surface area contributed by atoms with Gasteiger partial charge in [-0.15, -0.1) is 0 Å². The molecule has 0 aliphatic carbocycles. The highest BCUT2D eigenvalue weighted by Crippen LogP contribution is 2.07. The zero-order chi connectivity index (χ0) is 16.5. The van der Waals surface area contributed by atoms with Gasteiger partial charge < -0.3 is 21.3 Å². The van der Waals surface area contributed by atoms with E-state index in [1.165, 1.54) is 18.5 Å². The second-order valence-corrected chi connectivity index (χ2v) is 3.91. The first kappa shape index (κ1) is 16.9. The Morgan fingerprint density at radius 3 is 1.95 bits per heavy atom. The van der Waals surface area contributed by atoms with Crippen LogP contribution in [-0.4, -0.2) is 33.6 Å². The van der Waals surface area contributed by atoms with Crippen LogP contribution < -0.4 is 11.5 Å². The van der Waals surface area contributed by atoms with Gasteiger partial charge in [0.05, 0.1) is 18.0 Å². The number of ether oxygens (including phenoxy) is 1. The lowest BCUT2D eigenvalue weighted by molar-refractivity contribution is 0.0520. The molecule has 2 aromatic rings. The molecular formula is C14H16N4O4. The van der Waals surface area contributed by atoms with Crippen molar-refractivity contribution in [2.45, 2.75) is 6.92 Å². The van der Waals surface area contributed by atoms with Gasteiger partial charge in [0.25, 0.3) is 0 Å². The smallest absolute Gasteiger partial charge is 0.359 e. The Bertz CT molecular complexity index is 661. The van der Waals surface area contributed by atoms with Gasteiger partial charge in [0.15, 0.2) is 11.4 Å². The summed E-state index contributed by atoms with van der Waals surface area (Å²) in [5, 5.41) is 8.42. The third kappa shape index (κ3) is 4.75. The number of rotatable bonds is 3. The van der Waals surface area contributed by atoms with Crippen LogP contribution in [0.2, 0.25) is 0 Å². The number of carbonyl (C=O) groups excluding carboxylic acids is 1. The number of hydrogen-bond donors (Lipinski definition) is 3. The monoisotopic (exact) mass is 304 g/mol. The van der Waals surface area contributed by atoms with Crippen molar-refractivity contribution in [3.8, 4) is 0 Å². The molecule has 22 heavy (non-hydrogen) atoms. The summed E-state index contributed by atoms with van der Waals surface area (Å²) >= 11 is 0. The van der Waals surface area contributed by atoms with Crippen LogP contribution in [0.15, 0.2) is 36.7 Å². The van der Waals surface area contributed by atoms with E-state index in [0.29, 0.717) is 12.3 Å². The number of nitrogens with zero attached hydrogens (tertiary/aromatic N) is 2. The molecule has 0 unspecified atom stereocenters. The Balaban J connectivity index is 0.000000224. The fourth-order valence-corrected chi connectivity index (χ4v) is 1.38. The Morgan fingerprint density at radius 2 is 1.59 bits per heavy atom. The van der Waals surface area contributed by atoms with Gasteiger partial charge >= 0.3 is 11.9 Å². The van der Waals surface area contributed by atoms with Crippen molar-refractivity contribution >= 4 is 23.3 Å². The number of aromatic nitrogens is 2. The van der Waals surface area contributed by atoms with E-state index in [0.717, 1.165) is 0 Å². The van der Waals surface area contributed by atoms with E-state index in [4.69, 9.17) is 21.3 Å². The highest BCUT2D eigenvalue weighted by molar-refractivity contribution is 5.92. The zero-order valence-electron chi connectivity index (χ0n) is 11.9. The van der Waals surface area contributed by atoms with E-state index in [1.807, 2.05) is 0 Å². The first-order chi connectivity index (χ1) is 10.5. The Labute approximate surface area is 126 Å². The number of esters is 1. The molecule has 0 aliphatic rings. The summed E-state index contributed by atoms with van der Waals surface area (Å²) in [5.74, 6) is -1.58. The number of hydrogen-bond acceptors (Lipinski definition) is 7. The molecule has 8 heteroatoms. The number of carboxylic acids is 1. The normalized spacial score (nSPS) is 9.32. The zero-order valence-corrected chi connectivity index (χ0v) is 11.9. The number of carboxylic acid groups (broad SMARTS) is 1. The average Bonchev–Trinajstić information content (AvgIpc) is 2.48. The number of aromatic carboxylic acids is 1. The highest BCUT2D eigenvalue weighted by atomic mass is 16.5. The fourth-order valence-electron chi connectivity index (χ4n) is 1.38. The summed E-state index contributed by atoms with van der Waals surface area (Å²) in [6.45, 7) is 2.06. The van der Waals surface area contributed by atoms with Crippen LogP contribution >= 0.6 is 0 Å². The van der Waals surface area contributed by atoms with Gasteiger partial charge in [-0.2, -0.15) is 0 Å². The number of nitrogens with two attached hydrogens (primary N) is 2. The number of pyridine rings is 2. The minimum atomic E-state index is -1.10. The Kier molecular flexibility index (Phi) is 6.30. The number of carbonyl (C=O) groups is 2. The quantitative estimate of drug-likeness (QED) is 0.718. The van der Waals surface area contributed by atoms with E-state index in [2.05, 4.69) is 9.97 Å². The fraction of sp³-hybridized carbons (Fsp3) is 0.143. The molecule has 2 rings (SSSR count). The summed E-state index contributed by atoms with van der Waals surface area (Å²) < 4.78 is 4.73. The maximum Gasteiger partial charge on any atom is 0.359 e. The predicted octanol–water partition coefficient (Wildman–Crippen LogP) is 1.20. The van der Waals surface area contributed by atoms with Crippen LogP contribution in [0.5, 0.6) is 0 Å². The van der Waals surface area contributed by atoms with Crippen molar-refractivity contribution in [1.29, 1.82) is 0 Å². The Hall–Kier alpha value is -3.16. The van der Waals surface area contributed by atoms with Gasteiger partial charge in [-0.3, -0.25) is 0 Å². The molecule has 0 spiro atoms. The lowest BCUT2D eigenvalue weighted by Crippen LogP contribution is -2.09. The SMILES string of the molecule is CCOC(=O)c1ncccc1N.Nc1cccnc1C(=O)O. The maximum atomic E-state index is 11.1. The summed E-state index contributed by atoms with van der Waals surface area (Å²) in [6.07, 6.45) is 2.89. The molecule has 0 amide bonds. The highest BCUT2D eigenvalue weighted by Gasteiger charge is 2.10. The van der Waals surface area contributed by atoms with E-state index in [9.17, 15) is 9.59 Å². The largest absolute Gasteiger partial charge is 0.476 e. The molecule has 116 valence electrons. The molecule has 8 nitrogen and oxygen atoms in total. The molecule has 0 atom stereocenters. The summed E-state index contributed by atoms with van der Waals surface area (Å²) in [6, 6.07) is 6.36. The average molecular weight is 304 g/mol. The number of nitrogen functional groups attached to an aromatic ring is 2. The van der Waals surface area contributed by atoms with E-state index in [1.54, 1.807) is 25.1 Å². The molecule has 0 bridgehead atoms. The molecule has 2 aromatic heterocycles. The Morgan fingerprint density at radius 1 is 1.09 bits per heavy atom. The summed E-state index contributed by atoms with van der Waals surface area (Å²) in [4.78, 5) is 28.7. The molecule has 0 aromatic carbocycles. The second kappa shape index (κ2) is 8.20. The minimum Gasteiger partial charge on any atom is -0.476 e. The molecule has 0 aliphatic heterocycles. The van der Waals surface area contributed by atoms with E-state index >= 15 is 0 Å². The predicted molar refractivity (Wildman–Crippen MR) is 80.2 cm³/mol. The third-order valence-electron chi connectivity index (χ3n) is 2.35. The topological polar surface area (TPSA) is 141 Å². The summed E-state index contributed by atoms with van der Waals surface area (Å²) in [5.41, 5.74) is 11.4. The van der Waals surface area contributed by atoms with Crippen LogP contribution in [0.1, 0.15) is 27.9 Å². The van der Waals surface area contributed by atoms with Crippen molar-refractivity contribution in [2.24, 2.45) is 0 Å².